The van der Waals surface area contributed by atoms with Gasteiger partial charge in [-0.05, 0) is 13.0 Å². The summed E-state index contributed by atoms with van der Waals surface area (Å²) in [5, 5.41) is 3.05. The average Bonchev–Trinajstić information content (AvgIpc) is 2.91. The fourth-order valence-electron chi connectivity index (χ4n) is 2.02. The van der Waals surface area contributed by atoms with Gasteiger partial charge in [-0.3, -0.25) is 4.79 Å². The van der Waals surface area contributed by atoms with Crippen LogP contribution in [0, 0.1) is 6.92 Å². The summed E-state index contributed by atoms with van der Waals surface area (Å²) in [6.45, 7) is 1.72. The zero-order chi connectivity index (χ0) is 15.0. The molecule has 0 aliphatic carbocycles. The van der Waals surface area contributed by atoms with Crippen LogP contribution in [0.5, 0.6) is 0 Å². The third-order valence-corrected chi connectivity index (χ3v) is 2.99. The summed E-state index contributed by atoms with van der Waals surface area (Å²) in [5.41, 5.74) is 6.58. The largest absolute Gasteiger partial charge is 0.458 e. The molecule has 8 nitrogen and oxygen atoms in total. The number of furan rings is 1. The molecular weight excluding hydrogens is 274 g/mol. The van der Waals surface area contributed by atoms with Crippen molar-refractivity contribution in [1.29, 1.82) is 0 Å². The van der Waals surface area contributed by atoms with E-state index < -0.39 is 6.03 Å². The van der Waals surface area contributed by atoms with Gasteiger partial charge < -0.3 is 20.5 Å². The van der Waals surface area contributed by atoms with Crippen LogP contribution in [0.3, 0.4) is 0 Å². The molecule has 0 atom stereocenters. The van der Waals surface area contributed by atoms with E-state index in [1.54, 1.807) is 13.0 Å². The fourth-order valence-corrected chi connectivity index (χ4v) is 2.02. The molecule has 106 valence electrons. The van der Waals surface area contributed by atoms with E-state index in [1.807, 2.05) is 0 Å². The second kappa shape index (κ2) is 4.75. The van der Waals surface area contributed by atoms with E-state index in [0.717, 1.165) is 0 Å². The summed E-state index contributed by atoms with van der Waals surface area (Å²) in [6.07, 6.45) is 4.41. The normalized spacial score (nSPS) is 10.7. The van der Waals surface area contributed by atoms with Gasteiger partial charge in [-0.1, -0.05) is 0 Å². The first kappa shape index (κ1) is 12.9. The molecule has 21 heavy (non-hydrogen) atoms. The second-order valence-corrected chi connectivity index (χ2v) is 4.38. The smallest absolute Gasteiger partial charge is 0.316 e. The van der Waals surface area contributed by atoms with Crippen molar-refractivity contribution in [3.63, 3.8) is 0 Å². The zero-order valence-electron chi connectivity index (χ0n) is 11.0. The van der Waals surface area contributed by atoms with Crippen LogP contribution in [0.1, 0.15) is 5.69 Å². The van der Waals surface area contributed by atoms with Gasteiger partial charge in [-0.2, -0.15) is 0 Å². The van der Waals surface area contributed by atoms with E-state index in [9.17, 15) is 9.59 Å². The van der Waals surface area contributed by atoms with Crippen molar-refractivity contribution in [1.82, 2.24) is 15.0 Å². The van der Waals surface area contributed by atoms with Gasteiger partial charge in [-0.25, -0.2) is 14.8 Å². The van der Waals surface area contributed by atoms with E-state index >= 15 is 0 Å². The first-order valence-electron chi connectivity index (χ1n) is 6.05. The number of hydrogen-bond acceptors (Lipinski definition) is 5. The minimum atomic E-state index is -0.685. The maximum atomic E-state index is 11.6. The van der Waals surface area contributed by atoms with Crippen molar-refractivity contribution in [2.24, 2.45) is 5.73 Å². The molecule has 3 aromatic rings. The van der Waals surface area contributed by atoms with Gasteiger partial charge in [0.2, 0.25) is 0 Å². The van der Waals surface area contributed by atoms with Crippen LogP contribution in [0.15, 0.2) is 33.9 Å². The number of carbonyl (C=O) groups is 1. The second-order valence-electron chi connectivity index (χ2n) is 4.38. The number of nitrogens with one attached hydrogen (secondary N) is 2. The number of aromatic nitrogens is 3. The number of primary amides is 1. The molecule has 4 N–H and O–H groups in total. The van der Waals surface area contributed by atoms with Crippen molar-refractivity contribution >= 4 is 22.7 Å². The Morgan fingerprint density at radius 1 is 1.48 bits per heavy atom. The Hall–Kier alpha value is -3.16. The van der Waals surface area contributed by atoms with Crippen LogP contribution < -0.4 is 16.6 Å². The Labute approximate surface area is 118 Å². The third kappa shape index (κ3) is 2.22. The molecule has 0 bridgehead atoms. The first-order valence-corrected chi connectivity index (χ1v) is 6.05. The number of pyridine rings is 1. The minimum Gasteiger partial charge on any atom is -0.458 e. The van der Waals surface area contributed by atoms with Crippen molar-refractivity contribution < 1.29 is 9.21 Å². The lowest BCUT2D eigenvalue weighted by Crippen LogP contribution is -2.20. The van der Waals surface area contributed by atoms with Gasteiger partial charge in [0.25, 0.3) is 5.56 Å². The monoisotopic (exact) mass is 285 g/mol. The summed E-state index contributed by atoms with van der Waals surface area (Å²) < 4.78 is 5.14. The molecule has 0 radical (unpaired) electrons. The number of H-pyrrole nitrogens is 1. The molecule has 0 saturated carbocycles. The molecule has 3 heterocycles. The standard InChI is InChI=1S/C13H11N5O3/c1-6-9(18-13(14)20)5-15-11(17-6)8-4-16-12(19)10-7(8)2-3-21-10/h2-5H,1H3,(H,16,19)(H3,14,18,20). The van der Waals surface area contributed by atoms with Gasteiger partial charge >= 0.3 is 6.03 Å². The lowest BCUT2D eigenvalue weighted by Gasteiger charge is -2.07. The predicted molar refractivity (Wildman–Crippen MR) is 75.8 cm³/mol. The SMILES string of the molecule is Cc1nc(-c2c[nH]c(=O)c3occc23)ncc1NC(N)=O. The van der Waals surface area contributed by atoms with Gasteiger partial charge in [0, 0.05) is 17.1 Å². The molecule has 0 unspecified atom stereocenters. The van der Waals surface area contributed by atoms with Gasteiger partial charge in [0.1, 0.15) is 0 Å². The van der Waals surface area contributed by atoms with Gasteiger partial charge in [0.05, 0.1) is 23.8 Å². The summed E-state index contributed by atoms with van der Waals surface area (Å²) in [7, 11) is 0. The topological polar surface area (TPSA) is 127 Å². The van der Waals surface area contributed by atoms with E-state index in [0.29, 0.717) is 28.2 Å². The number of fused-ring (bicyclic) bond motifs is 1. The lowest BCUT2D eigenvalue weighted by molar-refractivity contribution is 0.259. The Morgan fingerprint density at radius 2 is 2.29 bits per heavy atom. The Morgan fingerprint density at radius 3 is 3.00 bits per heavy atom. The highest BCUT2D eigenvalue weighted by molar-refractivity contribution is 5.91. The highest BCUT2D eigenvalue weighted by Gasteiger charge is 2.13. The maximum absolute atomic E-state index is 11.6. The van der Waals surface area contributed by atoms with E-state index in [4.69, 9.17) is 10.2 Å². The third-order valence-electron chi connectivity index (χ3n) is 2.99. The molecule has 0 aliphatic rings. The fraction of sp³-hybridized carbons (Fsp3) is 0.0769. The number of hydrogen-bond donors (Lipinski definition) is 3. The molecule has 0 fully saturated rings. The lowest BCUT2D eigenvalue weighted by atomic mass is 10.1. The molecule has 0 saturated heterocycles. The molecule has 3 rings (SSSR count). The highest BCUT2D eigenvalue weighted by Crippen LogP contribution is 2.25. The molecule has 8 heteroatoms. The summed E-state index contributed by atoms with van der Waals surface area (Å²) in [4.78, 5) is 33.5. The molecular formula is C13H11N5O3. The molecule has 0 aromatic carbocycles. The summed E-state index contributed by atoms with van der Waals surface area (Å²) in [6, 6.07) is 0.990. The number of nitrogens with zero attached hydrogens (tertiary/aromatic N) is 2. The molecule has 3 aromatic heterocycles. The summed E-state index contributed by atoms with van der Waals surface area (Å²) in [5.74, 6) is 0.408. The van der Waals surface area contributed by atoms with Crippen molar-refractivity contribution in [2.45, 2.75) is 6.92 Å². The van der Waals surface area contributed by atoms with Crippen molar-refractivity contribution in [2.75, 3.05) is 5.32 Å². The summed E-state index contributed by atoms with van der Waals surface area (Å²) >= 11 is 0. The number of anilines is 1. The number of aryl methyl sites for hydroxylation is 1. The maximum Gasteiger partial charge on any atom is 0.316 e. The average molecular weight is 285 g/mol. The van der Waals surface area contributed by atoms with Crippen LogP contribution in [0.4, 0.5) is 10.5 Å². The zero-order valence-corrected chi connectivity index (χ0v) is 11.0. The number of nitrogens with two attached hydrogens (primary N) is 1. The number of amides is 2. The Kier molecular flexibility index (Phi) is 2.90. The van der Waals surface area contributed by atoms with Crippen LogP contribution in [0.25, 0.3) is 22.4 Å². The number of rotatable bonds is 2. The van der Waals surface area contributed by atoms with Crippen LogP contribution >= 0.6 is 0 Å². The Balaban J connectivity index is 2.13. The predicted octanol–water partition coefficient (Wildman–Crippen LogP) is 1.38. The minimum absolute atomic E-state index is 0.216. The van der Waals surface area contributed by atoms with Crippen molar-refractivity contribution in [3.8, 4) is 11.4 Å². The van der Waals surface area contributed by atoms with Crippen LogP contribution in [-0.4, -0.2) is 21.0 Å². The van der Waals surface area contributed by atoms with Crippen LogP contribution in [-0.2, 0) is 0 Å². The van der Waals surface area contributed by atoms with Crippen molar-refractivity contribution in [3.05, 3.63) is 40.8 Å². The van der Waals surface area contributed by atoms with Crippen LogP contribution in [0.2, 0.25) is 0 Å². The Bertz CT molecular complexity index is 896. The highest BCUT2D eigenvalue weighted by atomic mass is 16.3. The molecule has 0 aliphatic heterocycles. The molecule has 2 amide bonds. The quantitative estimate of drug-likeness (QED) is 0.655. The van der Waals surface area contributed by atoms with E-state index in [2.05, 4.69) is 20.3 Å². The van der Waals surface area contributed by atoms with Gasteiger partial charge in [-0.15, -0.1) is 0 Å². The van der Waals surface area contributed by atoms with E-state index in [-0.39, 0.29) is 11.1 Å². The number of carbonyl (C=O) groups excluding carboxylic acids is 1. The number of aromatic amines is 1. The first-order chi connectivity index (χ1) is 10.1. The molecule has 0 spiro atoms. The van der Waals surface area contributed by atoms with Gasteiger partial charge in [0.15, 0.2) is 11.4 Å². The number of urea groups is 1. The van der Waals surface area contributed by atoms with E-state index in [1.165, 1.54) is 18.7 Å².